The maximum atomic E-state index is 14.2. The number of amidine groups is 1. The van der Waals surface area contributed by atoms with Crippen LogP contribution in [0.25, 0.3) is 6.08 Å². The van der Waals surface area contributed by atoms with E-state index in [1.54, 1.807) is 18.3 Å². The number of thioether (sulfide) groups is 1. The third kappa shape index (κ3) is 7.30. The van der Waals surface area contributed by atoms with Crippen LogP contribution < -0.4 is 11.1 Å². The number of nitrogens with one attached hydrogen (secondary N) is 2. The molecule has 0 saturated heterocycles. The largest absolute Gasteiger partial charge is 0.379 e. The number of hydrogen-bond donors (Lipinski definition) is 3. The van der Waals surface area contributed by atoms with Crippen LogP contribution in [-0.4, -0.2) is 26.3 Å². The molecule has 4 N–H and O–H groups in total. The highest BCUT2D eigenvalue weighted by atomic mass is 35.5. The summed E-state index contributed by atoms with van der Waals surface area (Å²) in [6.07, 6.45) is 4.95. The molecule has 2 aromatic rings. The molecule has 0 aliphatic heterocycles. The molecule has 0 radical (unpaired) electrons. The number of rotatable bonds is 7. The molecule has 2 aromatic heterocycles. The van der Waals surface area contributed by atoms with Gasteiger partial charge in [-0.1, -0.05) is 48.8 Å². The van der Waals surface area contributed by atoms with Crippen LogP contribution in [0.4, 0.5) is 10.1 Å². The van der Waals surface area contributed by atoms with Gasteiger partial charge in [-0.2, -0.15) is 0 Å². The molecule has 0 fully saturated rings. The summed E-state index contributed by atoms with van der Waals surface area (Å²) >= 11 is 12.4. The number of hydrogen-bond acceptors (Lipinski definition) is 5. The average molecular weight is 456 g/mol. The number of carbonyl (C=O) groups is 1. The van der Waals surface area contributed by atoms with Crippen molar-refractivity contribution in [2.24, 2.45) is 5.73 Å². The van der Waals surface area contributed by atoms with Crippen LogP contribution in [0.5, 0.6) is 0 Å². The Morgan fingerprint density at radius 2 is 2.10 bits per heavy atom. The zero-order valence-corrected chi connectivity index (χ0v) is 18.1. The van der Waals surface area contributed by atoms with E-state index in [1.807, 2.05) is 13.8 Å². The van der Waals surface area contributed by atoms with Gasteiger partial charge in [0.2, 0.25) is 0 Å². The molecule has 2 rings (SSSR count). The zero-order valence-electron chi connectivity index (χ0n) is 15.7. The molecule has 6 nitrogen and oxygen atoms in total. The molecular weight excluding hydrogens is 436 g/mol. The lowest BCUT2D eigenvalue weighted by Crippen LogP contribution is -2.16. The minimum atomic E-state index is -0.788. The highest BCUT2D eigenvalue weighted by Gasteiger charge is 2.17. The van der Waals surface area contributed by atoms with Crippen molar-refractivity contribution >= 4 is 57.8 Å². The van der Waals surface area contributed by atoms with Gasteiger partial charge in [0.05, 0.1) is 0 Å². The predicted octanol–water partition coefficient (Wildman–Crippen LogP) is 5.15. The first-order valence-electron chi connectivity index (χ1n) is 8.62. The van der Waals surface area contributed by atoms with Gasteiger partial charge in [-0.05, 0) is 42.2 Å². The standard InChI is InChI=1S/C19H20Cl2FN5OS/c1-10(5-11(2)29-19(23)24)15-8-13(3-4-25-15)27-18(28)17-14(22)6-12(9-26-17)7-16(20)21/h3-4,6-11H,5H2,1-2H3,(H3,23,24)(H,25,27,28)/t10?,11-/m1/s1. The first-order valence-corrected chi connectivity index (χ1v) is 10.3. The zero-order chi connectivity index (χ0) is 21.6. The number of carbonyl (C=O) groups excluding carboxylic acids is 1. The van der Waals surface area contributed by atoms with Crippen molar-refractivity contribution in [2.75, 3.05) is 5.32 Å². The fraction of sp³-hybridized carbons (Fsp3) is 0.263. The van der Waals surface area contributed by atoms with Gasteiger partial charge in [0.15, 0.2) is 16.7 Å². The SMILES string of the molecule is CC(C[C@@H](C)SC(=N)N)c1cc(NC(=O)c2ncc(C=C(Cl)Cl)cc2F)ccn1. The number of nitrogens with two attached hydrogens (primary N) is 1. The first kappa shape index (κ1) is 23.1. The molecule has 0 aromatic carbocycles. The fourth-order valence-electron chi connectivity index (χ4n) is 2.69. The summed E-state index contributed by atoms with van der Waals surface area (Å²) in [6, 6.07) is 4.47. The van der Waals surface area contributed by atoms with E-state index in [0.717, 1.165) is 18.2 Å². The highest BCUT2D eigenvalue weighted by Crippen LogP contribution is 2.26. The van der Waals surface area contributed by atoms with Gasteiger partial charge >= 0.3 is 0 Å². The second-order valence-corrected chi connectivity index (χ2v) is 8.87. The third-order valence-electron chi connectivity index (χ3n) is 3.91. The van der Waals surface area contributed by atoms with Crippen LogP contribution in [0.15, 0.2) is 35.1 Å². The second kappa shape index (κ2) is 10.6. The number of aromatic nitrogens is 2. The number of pyridine rings is 2. The van der Waals surface area contributed by atoms with Crippen molar-refractivity contribution in [3.8, 4) is 0 Å². The Kier molecular flexibility index (Phi) is 8.43. The fourth-order valence-corrected chi connectivity index (χ4v) is 3.76. The van der Waals surface area contributed by atoms with Gasteiger partial charge in [-0.15, -0.1) is 0 Å². The summed E-state index contributed by atoms with van der Waals surface area (Å²) in [7, 11) is 0. The number of amides is 1. The van der Waals surface area contributed by atoms with Gasteiger partial charge < -0.3 is 11.1 Å². The molecule has 1 amide bonds. The monoisotopic (exact) mass is 455 g/mol. The van der Waals surface area contributed by atoms with Crippen molar-refractivity contribution in [3.63, 3.8) is 0 Å². The van der Waals surface area contributed by atoms with Gasteiger partial charge in [-0.25, -0.2) is 9.37 Å². The van der Waals surface area contributed by atoms with Crippen LogP contribution in [-0.2, 0) is 0 Å². The van der Waals surface area contributed by atoms with Crippen LogP contribution in [0.2, 0.25) is 0 Å². The van der Waals surface area contributed by atoms with Crippen LogP contribution in [0.3, 0.4) is 0 Å². The molecule has 0 saturated carbocycles. The van der Waals surface area contributed by atoms with Crippen molar-refractivity contribution in [2.45, 2.75) is 31.4 Å². The van der Waals surface area contributed by atoms with Crippen LogP contribution >= 0.6 is 35.0 Å². The third-order valence-corrected chi connectivity index (χ3v) is 4.98. The highest BCUT2D eigenvalue weighted by molar-refractivity contribution is 8.14. The Balaban J connectivity index is 2.10. The molecule has 2 heterocycles. The van der Waals surface area contributed by atoms with E-state index in [0.29, 0.717) is 11.3 Å². The van der Waals surface area contributed by atoms with E-state index >= 15 is 0 Å². The van der Waals surface area contributed by atoms with E-state index in [1.165, 1.54) is 24.0 Å². The van der Waals surface area contributed by atoms with Gasteiger partial charge in [0, 0.05) is 29.0 Å². The molecule has 0 spiro atoms. The van der Waals surface area contributed by atoms with Crippen LogP contribution in [0.1, 0.15) is 47.9 Å². The smallest absolute Gasteiger partial charge is 0.277 e. The summed E-state index contributed by atoms with van der Waals surface area (Å²) in [6.45, 7) is 3.99. The second-order valence-electron chi connectivity index (χ2n) is 6.39. The number of nitrogens with zero attached hydrogens (tertiary/aromatic N) is 2. The molecule has 2 atom stereocenters. The lowest BCUT2D eigenvalue weighted by molar-refractivity contribution is 0.101. The number of halogens is 3. The van der Waals surface area contributed by atoms with Crippen molar-refractivity contribution < 1.29 is 9.18 Å². The quantitative estimate of drug-likeness (QED) is 0.395. The first-order chi connectivity index (χ1) is 13.7. The molecular formula is C19H20Cl2FN5OS. The molecule has 29 heavy (non-hydrogen) atoms. The minimum Gasteiger partial charge on any atom is -0.379 e. The van der Waals surface area contributed by atoms with E-state index in [2.05, 4.69) is 15.3 Å². The summed E-state index contributed by atoms with van der Waals surface area (Å²) in [4.78, 5) is 20.6. The Morgan fingerprint density at radius 3 is 2.72 bits per heavy atom. The van der Waals surface area contributed by atoms with Crippen molar-refractivity contribution in [3.05, 3.63) is 57.9 Å². The molecule has 0 aliphatic rings. The lowest BCUT2D eigenvalue weighted by Gasteiger charge is -2.16. The normalized spacial score (nSPS) is 12.7. The van der Waals surface area contributed by atoms with E-state index in [9.17, 15) is 9.18 Å². The Hall–Kier alpha value is -2.16. The average Bonchev–Trinajstić information content (AvgIpc) is 2.60. The molecule has 154 valence electrons. The van der Waals surface area contributed by atoms with Gasteiger partial charge in [0.25, 0.3) is 5.91 Å². The maximum absolute atomic E-state index is 14.2. The van der Waals surface area contributed by atoms with Gasteiger partial charge in [0.1, 0.15) is 4.49 Å². The molecule has 1 unspecified atom stereocenters. The lowest BCUT2D eigenvalue weighted by atomic mass is 10.0. The summed E-state index contributed by atoms with van der Waals surface area (Å²) in [5.41, 5.74) is 6.67. The van der Waals surface area contributed by atoms with Crippen molar-refractivity contribution in [1.82, 2.24) is 9.97 Å². The van der Waals surface area contributed by atoms with Crippen molar-refractivity contribution in [1.29, 1.82) is 5.41 Å². The van der Waals surface area contributed by atoms with E-state index in [4.69, 9.17) is 34.3 Å². The summed E-state index contributed by atoms with van der Waals surface area (Å²) in [5, 5.41) is 10.2. The number of anilines is 1. The summed E-state index contributed by atoms with van der Waals surface area (Å²) in [5.74, 6) is -1.39. The Labute approximate surface area is 182 Å². The Morgan fingerprint density at radius 1 is 1.38 bits per heavy atom. The topological polar surface area (TPSA) is 105 Å². The Bertz CT molecular complexity index is 937. The van der Waals surface area contributed by atoms with E-state index < -0.39 is 11.7 Å². The minimum absolute atomic E-state index is 0.0437. The molecule has 0 bridgehead atoms. The molecule has 10 heteroatoms. The van der Waals surface area contributed by atoms with Gasteiger partial charge in [-0.3, -0.25) is 15.2 Å². The predicted molar refractivity (Wildman–Crippen MR) is 118 cm³/mol. The molecule has 0 aliphatic carbocycles. The van der Waals surface area contributed by atoms with E-state index in [-0.39, 0.29) is 26.5 Å². The summed E-state index contributed by atoms with van der Waals surface area (Å²) < 4.78 is 14.2. The van der Waals surface area contributed by atoms with Crippen LogP contribution in [0, 0.1) is 11.2 Å². The maximum Gasteiger partial charge on any atom is 0.277 e.